The van der Waals surface area contributed by atoms with Crippen LogP contribution >= 0.6 is 0 Å². The van der Waals surface area contributed by atoms with E-state index in [0.29, 0.717) is 44.6 Å². The zero-order chi connectivity index (χ0) is 18.8. The Morgan fingerprint density at radius 3 is 2.46 bits per heavy atom. The molecule has 1 aromatic rings. The second-order valence-corrected chi connectivity index (χ2v) is 6.42. The Balaban J connectivity index is 1.64. The molecule has 0 aromatic heterocycles. The van der Waals surface area contributed by atoms with E-state index in [9.17, 15) is 19.5 Å². The monoisotopic (exact) mass is 362 g/mol. The van der Waals surface area contributed by atoms with E-state index in [1.54, 1.807) is 24.3 Å². The van der Waals surface area contributed by atoms with Crippen LogP contribution in [0, 0.1) is 11.8 Å². The Labute approximate surface area is 153 Å². The lowest BCUT2D eigenvalue weighted by Crippen LogP contribution is -2.39. The highest BCUT2D eigenvalue weighted by molar-refractivity contribution is 5.94. The summed E-state index contributed by atoms with van der Waals surface area (Å²) in [5, 5.41) is 14.9. The molecule has 3 N–H and O–H groups in total. The van der Waals surface area contributed by atoms with Crippen LogP contribution in [0.3, 0.4) is 0 Å². The normalized spacial score (nSPS) is 15.8. The third-order valence-corrected chi connectivity index (χ3v) is 4.57. The number of hydrogen-bond acceptors (Lipinski definition) is 4. The summed E-state index contributed by atoms with van der Waals surface area (Å²) >= 11 is 0. The number of amides is 2. The minimum atomic E-state index is -0.882. The maximum Gasteiger partial charge on any atom is 0.308 e. The standard InChI is InChI=1S/C19H26N2O5/c22-17(7-4-10-20-18(23)15-5-2-1-3-6-15)21-13-16(19(24)25)14-8-11-26-12-9-14/h1-3,5-6,14,16H,4,7-13H2,(H,20,23)(H,21,22)(H,24,25). The third kappa shape index (κ3) is 6.48. The lowest BCUT2D eigenvalue weighted by Gasteiger charge is -2.27. The molecular formula is C19H26N2O5. The van der Waals surface area contributed by atoms with Gasteiger partial charge in [0.2, 0.25) is 5.91 Å². The summed E-state index contributed by atoms with van der Waals surface area (Å²) in [5.41, 5.74) is 0.581. The predicted octanol–water partition coefficient (Wildman–Crippen LogP) is 1.44. The number of aliphatic carboxylic acids is 1. The van der Waals surface area contributed by atoms with Gasteiger partial charge < -0.3 is 20.5 Å². The number of nitrogens with one attached hydrogen (secondary N) is 2. The van der Waals surface area contributed by atoms with E-state index < -0.39 is 11.9 Å². The number of carbonyl (C=O) groups excluding carboxylic acids is 2. The SMILES string of the molecule is O=C(CCCNC(=O)c1ccccc1)NCC(C(=O)O)C1CCOCC1. The van der Waals surface area contributed by atoms with Crippen molar-refractivity contribution >= 4 is 17.8 Å². The van der Waals surface area contributed by atoms with Gasteiger partial charge in [0.25, 0.3) is 5.91 Å². The fourth-order valence-electron chi connectivity index (χ4n) is 3.03. The lowest BCUT2D eigenvalue weighted by molar-refractivity contribution is -0.145. The molecular weight excluding hydrogens is 336 g/mol. The van der Waals surface area contributed by atoms with E-state index in [0.717, 1.165) is 0 Å². The molecule has 1 unspecified atom stereocenters. The number of carboxylic acid groups (broad SMARTS) is 1. The van der Waals surface area contributed by atoms with Gasteiger partial charge >= 0.3 is 5.97 Å². The van der Waals surface area contributed by atoms with Gasteiger partial charge in [0, 0.05) is 38.3 Å². The molecule has 7 heteroatoms. The second-order valence-electron chi connectivity index (χ2n) is 6.42. The van der Waals surface area contributed by atoms with Gasteiger partial charge in [-0.15, -0.1) is 0 Å². The van der Waals surface area contributed by atoms with Crippen LogP contribution in [-0.2, 0) is 14.3 Å². The molecule has 1 saturated heterocycles. The Kier molecular flexibility index (Phi) is 8.08. The zero-order valence-electron chi connectivity index (χ0n) is 14.8. The first-order valence-electron chi connectivity index (χ1n) is 8.98. The van der Waals surface area contributed by atoms with Gasteiger partial charge in [0.05, 0.1) is 5.92 Å². The molecule has 1 aromatic carbocycles. The van der Waals surface area contributed by atoms with Crippen LogP contribution < -0.4 is 10.6 Å². The predicted molar refractivity (Wildman–Crippen MR) is 95.7 cm³/mol. The van der Waals surface area contributed by atoms with Crippen molar-refractivity contribution in [3.05, 3.63) is 35.9 Å². The Bertz CT molecular complexity index is 599. The topological polar surface area (TPSA) is 105 Å². The molecule has 26 heavy (non-hydrogen) atoms. The first-order chi connectivity index (χ1) is 12.6. The fraction of sp³-hybridized carbons (Fsp3) is 0.526. The van der Waals surface area contributed by atoms with Crippen LogP contribution in [0.5, 0.6) is 0 Å². The molecule has 1 atom stereocenters. The summed E-state index contributed by atoms with van der Waals surface area (Å²) in [7, 11) is 0. The molecule has 0 bridgehead atoms. The van der Waals surface area contributed by atoms with Crippen molar-refractivity contribution in [2.45, 2.75) is 25.7 Å². The van der Waals surface area contributed by atoms with Crippen LogP contribution in [0.15, 0.2) is 30.3 Å². The van der Waals surface area contributed by atoms with E-state index in [2.05, 4.69) is 10.6 Å². The van der Waals surface area contributed by atoms with E-state index in [1.807, 2.05) is 6.07 Å². The van der Waals surface area contributed by atoms with Crippen molar-refractivity contribution in [1.29, 1.82) is 0 Å². The van der Waals surface area contributed by atoms with E-state index in [1.165, 1.54) is 0 Å². The minimum Gasteiger partial charge on any atom is -0.481 e. The van der Waals surface area contributed by atoms with E-state index in [-0.39, 0.29) is 30.7 Å². The van der Waals surface area contributed by atoms with Crippen molar-refractivity contribution in [2.24, 2.45) is 11.8 Å². The number of carboxylic acids is 1. The van der Waals surface area contributed by atoms with Crippen molar-refractivity contribution in [2.75, 3.05) is 26.3 Å². The van der Waals surface area contributed by atoms with Gasteiger partial charge in [-0.3, -0.25) is 14.4 Å². The number of benzene rings is 1. The van der Waals surface area contributed by atoms with E-state index in [4.69, 9.17) is 4.74 Å². The molecule has 1 aliphatic rings. The Morgan fingerprint density at radius 1 is 1.12 bits per heavy atom. The van der Waals surface area contributed by atoms with Gasteiger partial charge in [-0.1, -0.05) is 18.2 Å². The highest BCUT2D eigenvalue weighted by atomic mass is 16.5. The molecule has 2 rings (SSSR count). The summed E-state index contributed by atoms with van der Waals surface area (Å²) < 4.78 is 5.26. The van der Waals surface area contributed by atoms with Crippen LogP contribution in [0.4, 0.5) is 0 Å². The molecule has 1 heterocycles. The summed E-state index contributed by atoms with van der Waals surface area (Å²) in [6, 6.07) is 8.87. The first-order valence-corrected chi connectivity index (χ1v) is 8.98. The van der Waals surface area contributed by atoms with Crippen LogP contribution in [-0.4, -0.2) is 49.2 Å². The largest absolute Gasteiger partial charge is 0.481 e. The number of ether oxygens (including phenoxy) is 1. The molecule has 0 saturated carbocycles. The minimum absolute atomic E-state index is 0.0340. The quantitative estimate of drug-likeness (QED) is 0.577. The van der Waals surface area contributed by atoms with Gasteiger partial charge in [0.1, 0.15) is 0 Å². The smallest absolute Gasteiger partial charge is 0.308 e. The summed E-state index contributed by atoms with van der Waals surface area (Å²) in [5.74, 6) is -1.80. The molecule has 2 amide bonds. The van der Waals surface area contributed by atoms with Crippen LogP contribution in [0.25, 0.3) is 0 Å². The van der Waals surface area contributed by atoms with Gasteiger partial charge in [0.15, 0.2) is 0 Å². The molecule has 1 fully saturated rings. The van der Waals surface area contributed by atoms with Crippen molar-refractivity contribution in [1.82, 2.24) is 10.6 Å². The maximum atomic E-state index is 11.9. The Morgan fingerprint density at radius 2 is 1.81 bits per heavy atom. The fourth-order valence-corrected chi connectivity index (χ4v) is 3.03. The lowest BCUT2D eigenvalue weighted by atomic mass is 9.86. The van der Waals surface area contributed by atoms with Gasteiger partial charge in [-0.05, 0) is 37.3 Å². The highest BCUT2D eigenvalue weighted by Crippen LogP contribution is 2.23. The van der Waals surface area contributed by atoms with Gasteiger partial charge in [-0.25, -0.2) is 0 Å². The van der Waals surface area contributed by atoms with E-state index >= 15 is 0 Å². The molecule has 142 valence electrons. The average Bonchev–Trinajstić information content (AvgIpc) is 2.66. The zero-order valence-corrected chi connectivity index (χ0v) is 14.8. The summed E-state index contributed by atoms with van der Waals surface area (Å²) in [4.78, 5) is 35.2. The number of rotatable bonds is 9. The molecule has 1 aliphatic heterocycles. The number of hydrogen-bond donors (Lipinski definition) is 3. The molecule has 0 spiro atoms. The first kappa shape index (κ1) is 19.9. The molecule has 7 nitrogen and oxygen atoms in total. The Hall–Kier alpha value is -2.41. The van der Waals surface area contributed by atoms with Gasteiger partial charge in [-0.2, -0.15) is 0 Å². The maximum absolute atomic E-state index is 11.9. The third-order valence-electron chi connectivity index (χ3n) is 4.57. The van der Waals surface area contributed by atoms with Crippen molar-refractivity contribution < 1.29 is 24.2 Å². The van der Waals surface area contributed by atoms with Crippen molar-refractivity contribution in [3.63, 3.8) is 0 Å². The van der Waals surface area contributed by atoms with Crippen molar-refractivity contribution in [3.8, 4) is 0 Å². The number of carbonyl (C=O) groups is 3. The average molecular weight is 362 g/mol. The summed E-state index contributed by atoms with van der Waals surface area (Å²) in [6.45, 7) is 1.67. The van der Waals surface area contributed by atoms with Crippen LogP contribution in [0.1, 0.15) is 36.0 Å². The summed E-state index contributed by atoms with van der Waals surface area (Å²) in [6.07, 6.45) is 2.16. The van der Waals surface area contributed by atoms with Crippen LogP contribution in [0.2, 0.25) is 0 Å². The highest BCUT2D eigenvalue weighted by Gasteiger charge is 2.29. The molecule has 0 aliphatic carbocycles. The molecule has 0 radical (unpaired) electrons. The second kappa shape index (κ2) is 10.6.